The van der Waals surface area contributed by atoms with E-state index in [-0.39, 0.29) is 29.7 Å². The van der Waals surface area contributed by atoms with Crippen LogP contribution in [0.1, 0.15) is 57.4 Å². The molecule has 0 aliphatic carbocycles. The Morgan fingerprint density at radius 1 is 0.417 bits per heavy atom. The summed E-state index contributed by atoms with van der Waals surface area (Å²) in [6.07, 6.45) is 8.00. The molecule has 0 unspecified atom stereocenters. The van der Waals surface area contributed by atoms with Gasteiger partial charge in [-0.3, -0.25) is 0 Å². The second-order valence-electron chi connectivity index (χ2n) is 1.33. The second kappa shape index (κ2) is 77.8. The van der Waals surface area contributed by atoms with Gasteiger partial charge in [-0.05, 0) is 27.7 Å². The molecule has 0 rings (SSSR count). The van der Waals surface area contributed by atoms with Crippen LogP contribution in [-0.4, -0.2) is 0 Å². The lowest BCUT2D eigenvalue weighted by Crippen LogP contribution is -1.26. The molecular formula is C12H32. The molecule has 0 atom stereocenters. The van der Waals surface area contributed by atoms with Gasteiger partial charge in [0.15, 0.2) is 0 Å². The average Bonchev–Trinajstić information content (AvgIpc) is 1.88. The molecule has 0 aliphatic heterocycles. The zero-order valence-electron chi connectivity index (χ0n) is 6.31. The molecule has 80 valence electrons. The van der Waals surface area contributed by atoms with Crippen molar-refractivity contribution in [3.05, 3.63) is 24.3 Å². The summed E-state index contributed by atoms with van der Waals surface area (Å²) < 4.78 is 0. The molecular weight excluding hydrogens is 144 g/mol. The van der Waals surface area contributed by atoms with Crippen LogP contribution in [0.3, 0.4) is 0 Å². The molecule has 0 heteroatoms. The number of rotatable bonds is 0. The molecule has 0 aromatic heterocycles. The van der Waals surface area contributed by atoms with Gasteiger partial charge in [0.05, 0.1) is 0 Å². The Morgan fingerprint density at radius 2 is 0.500 bits per heavy atom. The fraction of sp³-hybridized carbons (Fsp3) is 0.667. The van der Waals surface area contributed by atoms with Crippen LogP contribution in [0.15, 0.2) is 24.3 Å². The predicted molar refractivity (Wildman–Crippen MR) is 67.9 cm³/mol. The summed E-state index contributed by atoms with van der Waals surface area (Å²) in [7, 11) is 0. The van der Waals surface area contributed by atoms with Crippen molar-refractivity contribution in [2.75, 3.05) is 0 Å². The van der Waals surface area contributed by atoms with Crippen molar-refractivity contribution < 1.29 is 0 Å². The number of allylic oxidation sites excluding steroid dienone is 4. The Morgan fingerprint density at radius 3 is 0.500 bits per heavy atom. The maximum Gasteiger partial charge on any atom is -0.0470 e. The minimum atomic E-state index is 0. The zero-order chi connectivity index (χ0) is 6.83. The van der Waals surface area contributed by atoms with Crippen molar-refractivity contribution in [1.82, 2.24) is 0 Å². The first-order valence-corrected chi connectivity index (χ1v) is 2.98. The molecule has 0 spiro atoms. The quantitative estimate of drug-likeness (QED) is 0.415. The van der Waals surface area contributed by atoms with E-state index in [0.717, 1.165) is 0 Å². The largest absolute Gasteiger partial charge is 0.0919 e. The van der Waals surface area contributed by atoms with Gasteiger partial charge in [-0.15, -0.1) is 0 Å². The highest BCUT2D eigenvalue weighted by atomic mass is 13.4. The van der Waals surface area contributed by atoms with E-state index in [9.17, 15) is 0 Å². The van der Waals surface area contributed by atoms with E-state index < -0.39 is 0 Å². The summed E-state index contributed by atoms with van der Waals surface area (Å²) in [5.41, 5.74) is 0. The molecule has 0 N–H and O–H groups in total. The molecule has 0 aliphatic rings. The summed E-state index contributed by atoms with van der Waals surface area (Å²) in [6.45, 7) is 8.00. The van der Waals surface area contributed by atoms with Crippen LogP contribution < -0.4 is 0 Å². The first-order chi connectivity index (χ1) is 3.83. The van der Waals surface area contributed by atoms with Gasteiger partial charge in [0.25, 0.3) is 0 Å². The van der Waals surface area contributed by atoms with Gasteiger partial charge >= 0.3 is 0 Å². The maximum absolute atomic E-state index is 2.00. The van der Waals surface area contributed by atoms with Gasteiger partial charge in [0.1, 0.15) is 0 Å². The predicted octanol–water partition coefficient (Wildman–Crippen LogP) is 5.71. The van der Waals surface area contributed by atoms with Gasteiger partial charge in [0.2, 0.25) is 0 Å². The molecule has 0 radical (unpaired) electrons. The molecule has 0 nitrogen and oxygen atoms in total. The highest BCUT2D eigenvalue weighted by molar-refractivity contribution is 4.68. The van der Waals surface area contributed by atoms with E-state index in [2.05, 4.69) is 0 Å². The van der Waals surface area contributed by atoms with E-state index in [1.165, 1.54) is 0 Å². The molecule has 0 fully saturated rings. The molecule has 0 saturated heterocycles. The summed E-state index contributed by atoms with van der Waals surface area (Å²) >= 11 is 0. The van der Waals surface area contributed by atoms with E-state index in [4.69, 9.17) is 0 Å². The van der Waals surface area contributed by atoms with Crippen molar-refractivity contribution >= 4 is 0 Å². The Labute approximate surface area is 82.4 Å². The highest BCUT2D eigenvalue weighted by Crippen LogP contribution is 1.57. The van der Waals surface area contributed by atoms with E-state index in [1.54, 1.807) is 0 Å². The van der Waals surface area contributed by atoms with Gasteiger partial charge < -0.3 is 0 Å². The van der Waals surface area contributed by atoms with Crippen LogP contribution >= 0.6 is 0 Å². The van der Waals surface area contributed by atoms with Gasteiger partial charge in [-0.25, -0.2) is 0 Å². The number of hydrogen-bond acceptors (Lipinski definition) is 0. The van der Waals surface area contributed by atoms with Crippen molar-refractivity contribution in [3.63, 3.8) is 0 Å². The van der Waals surface area contributed by atoms with Crippen LogP contribution in [0, 0.1) is 0 Å². The topological polar surface area (TPSA) is 0 Å². The minimum Gasteiger partial charge on any atom is -0.0919 e. The lowest BCUT2D eigenvalue weighted by atomic mass is 10.6. The van der Waals surface area contributed by atoms with Crippen molar-refractivity contribution in [2.24, 2.45) is 0 Å². The lowest BCUT2D eigenvalue weighted by molar-refractivity contribution is 1.64. The van der Waals surface area contributed by atoms with Crippen LogP contribution in [0.25, 0.3) is 0 Å². The maximum atomic E-state index is 2.00. The van der Waals surface area contributed by atoms with E-state index in [0.29, 0.717) is 0 Å². The first-order valence-electron chi connectivity index (χ1n) is 2.98. The second-order valence-corrected chi connectivity index (χ2v) is 1.33. The van der Waals surface area contributed by atoms with E-state index in [1.807, 2.05) is 52.0 Å². The van der Waals surface area contributed by atoms with Gasteiger partial charge in [-0.1, -0.05) is 54.0 Å². The molecule has 0 heterocycles. The van der Waals surface area contributed by atoms with Crippen LogP contribution in [0.5, 0.6) is 0 Å². The normalized spacial score (nSPS) is 6.33. The lowest BCUT2D eigenvalue weighted by Gasteiger charge is -1.49. The molecule has 0 aromatic carbocycles. The molecule has 0 amide bonds. The zero-order valence-corrected chi connectivity index (χ0v) is 6.31. The van der Waals surface area contributed by atoms with Crippen molar-refractivity contribution in [1.29, 1.82) is 0 Å². The molecule has 0 aromatic rings. The molecule has 0 saturated carbocycles. The SMILES string of the molecule is C.C.C.C.C/C=C/C.C/C=C\C. The third kappa shape index (κ3) is 311. The fourth-order valence-electron chi connectivity index (χ4n) is 0. The van der Waals surface area contributed by atoms with Crippen LogP contribution in [-0.2, 0) is 0 Å². The Kier molecular flexibility index (Phi) is 272. The standard InChI is InChI=1S/2C4H8.4CH4/c2*1-3-4-2;;;;/h2*3-4H,1-2H3;4*1H4/b4-3+;4-3-;;;;. The summed E-state index contributed by atoms with van der Waals surface area (Å²) in [5.74, 6) is 0. The van der Waals surface area contributed by atoms with Gasteiger partial charge in [0, 0.05) is 0 Å². The third-order valence-electron chi connectivity index (χ3n) is 0.667. The summed E-state index contributed by atoms with van der Waals surface area (Å²) in [6, 6.07) is 0. The van der Waals surface area contributed by atoms with Crippen molar-refractivity contribution in [3.8, 4) is 0 Å². The Hall–Kier alpha value is -0.520. The smallest absolute Gasteiger partial charge is 0.0470 e. The molecule has 0 bridgehead atoms. The monoisotopic (exact) mass is 176 g/mol. The van der Waals surface area contributed by atoms with Crippen LogP contribution in [0.4, 0.5) is 0 Å². The van der Waals surface area contributed by atoms with Gasteiger partial charge in [-0.2, -0.15) is 0 Å². The Bertz CT molecular complexity index is 40.4. The first kappa shape index (κ1) is 42.0. The summed E-state index contributed by atoms with van der Waals surface area (Å²) in [5, 5.41) is 0. The Balaban J connectivity index is -0.0000000112. The van der Waals surface area contributed by atoms with Crippen LogP contribution in [0.2, 0.25) is 0 Å². The number of hydrogen-bond donors (Lipinski definition) is 0. The third-order valence-corrected chi connectivity index (χ3v) is 0.667. The molecule has 12 heavy (non-hydrogen) atoms. The fourth-order valence-corrected chi connectivity index (χ4v) is 0. The summed E-state index contributed by atoms with van der Waals surface area (Å²) in [4.78, 5) is 0. The minimum absolute atomic E-state index is 0. The van der Waals surface area contributed by atoms with Crippen molar-refractivity contribution in [2.45, 2.75) is 57.4 Å². The highest BCUT2D eigenvalue weighted by Gasteiger charge is 1.34. The van der Waals surface area contributed by atoms with E-state index >= 15 is 0 Å². The average molecular weight is 176 g/mol.